The summed E-state index contributed by atoms with van der Waals surface area (Å²) in [7, 11) is 1.79. The summed E-state index contributed by atoms with van der Waals surface area (Å²) in [5.74, 6) is 1.05. The van der Waals surface area contributed by atoms with Crippen molar-refractivity contribution in [3.8, 4) is 0 Å². The van der Waals surface area contributed by atoms with Crippen LogP contribution in [-0.4, -0.2) is 36.3 Å². The van der Waals surface area contributed by atoms with Gasteiger partial charge in [-0.2, -0.15) is 0 Å². The molecule has 1 aliphatic heterocycles. The van der Waals surface area contributed by atoms with Gasteiger partial charge in [0.1, 0.15) is 17.0 Å². The van der Waals surface area contributed by atoms with Crippen LogP contribution in [0.25, 0.3) is 10.2 Å². The fourth-order valence-corrected chi connectivity index (χ4v) is 3.78. The Morgan fingerprint density at radius 2 is 2.17 bits per heavy atom. The Labute approximate surface area is 118 Å². The minimum Gasteiger partial charge on any atom is -0.381 e. The third kappa shape index (κ3) is 2.24. The van der Waals surface area contributed by atoms with Crippen molar-refractivity contribution in [2.45, 2.75) is 18.9 Å². The summed E-state index contributed by atoms with van der Waals surface area (Å²) in [5.41, 5.74) is 0. The zero-order valence-corrected chi connectivity index (χ0v) is 12.5. The maximum absolute atomic E-state index is 5.40. The van der Waals surface area contributed by atoms with E-state index in [2.05, 4.69) is 36.9 Å². The van der Waals surface area contributed by atoms with E-state index in [1.165, 1.54) is 0 Å². The molecule has 6 heteroatoms. The second-order valence-electron chi connectivity index (χ2n) is 4.39. The van der Waals surface area contributed by atoms with E-state index in [1.807, 2.05) is 0 Å². The highest BCUT2D eigenvalue weighted by Crippen LogP contribution is 2.34. The number of methoxy groups -OCH3 is 1. The smallest absolute Gasteiger partial charge is 0.140 e. The van der Waals surface area contributed by atoms with Gasteiger partial charge < -0.3 is 9.64 Å². The average Bonchev–Trinajstić information content (AvgIpc) is 2.79. The molecule has 0 aromatic carbocycles. The molecular weight excluding hydrogens is 314 g/mol. The molecule has 0 radical (unpaired) electrons. The van der Waals surface area contributed by atoms with Crippen LogP contribution in [0.2, 0.25) is 0 Å². The van der Waals surface area contributed by atoms with E-state index >= 15 is 0 Å². The van der Waals surface area contributed by atoms with Crippen LogP contribution >= 0.6 is 27.3 Å². The van der Waals surface area contributed by atoms with Gasteiger partial charge in [-0.1, -0.05) is 0 Å². The molecule has 0 bridgehead atoms. The van der Waals surface area contributed by atoms with Crippen molar-refractivity contribution in [2.24, 2.45) is 0 Å². The van der Waals surface area contributed by atoms with Gasteiger partial charge in [-0.05, 0) is 34.8 Å². The van der Waals surface area contributed by atoms with Gasteiger partial charge in [-0.25, -0.2) is 9.97 Å². The molecule has 2 aromatic heterocycles. The highest BCUT2D eigenvalue weighted by molar-refractivity contribution is 9.11. The Kier molecular flexibility index (Phi) is 3.50. The van der Waals surface area contributed by atoms with Gasteiger partial charge in [-0.3, -0.25) is 0 Å². The first-order chi connectivity index (χ1) is 8.78. The van der Waals surface area contributed by atoms with Crippen molar-refractivity contribution in [3.63, 3.8) is 0 Å². The van der Waals surface area contributed by atoms with E-state index in [4.69, 9.17) is 4.74 Å². The number of hydrogen-bond acceptors (Lipinski definition) is 5. The molecular formula is C12H14BrN3OS. The number of hydrogen-bond donors (Lipinski definition) is 0. The van der Waals surface area contributed by atoms with Gasteiger partial charge in [0.25, 0.3) is 0 Å². The standard InChI is InChI=1S/C12H14BrN3OS/c1-17-8-2-4-16(5-3-8)11-9-6-10(13)18-12(9)15-7-14-11/h6-8H,2-5H2,1H3. The fraction of sp³-hybridized carbons (Fsp3) is 0.500. The first-order valence-corrected chi connectivity index (χ1v) is 7.56. The summed E-state index contributed by atoms with van der Waals surface area (Å²) in [5, 5.41) is 1.14. The average molecular weight is 328 g/mol. The summed E-state index contributed by atoms with van der Waals surface area (Å²) in [6.07, 6.45) is 4.18. The Hall–Kier alpha value is -0.720. The molecule has 3 rings (SSSR count). The lowest BCUT2D eigenvalue weighted by Gasteiger charge is -2.32. The quantitative estimate of drug-likeness (QED) is 0.849. The number of halogens is 1. The highest BCUT2D eigenvalue weighted by Gasteiger charge is 2.21. The van der Waals surface area contributed by atoms with E-state index in [1.54, 1.807) is 24.8 Å². The SMILES string of the molecule is COC1CCN(c2ncnc3sc(Br)cc23)CC1. The van der Waals surface area contributed by atoms with Crippen molar-refractivity contribution in [1.29, 1.82) is 0 Å². The second-order valence-corrected chi connectivity index (χ2v) is 6.80. The van der Waals surface area contributed by atoms with Crippen LogP contribution in [-0.2, 0) is 4.74 Å². The minimum absolute atomic E-state index is 0.396. The lowest BCUT2D eigenvalue weighted by molar-refractivity contribution is 0.0818. The normalized spacial score (nSPS) is 17.6. The molecule has 1 aliphatic rings. The number of anilines is 1. The second kappa shape index (κ2) is 5.11. The van der Waals surface area contributed by atoms with Gasteiger partial charge in [0.05, 0.1) is 15.3 Å². The van der Waals surface area contributed by atoms with Gasteiger partial charge >= 0.3 is 0 Å². The number of ether oxygens (including phenoxy) is 1. The molecule has 1 saturated heterocycles. The third-order valence-electron chi connectivity index (χ3n) is 3.35. The first-order valence-electron chi connectivity index (χ1n) is 5.95. The minimum atomic E-state index is 0.396. The summed E-state index contributed by atoms with van der Waals surface area (Å²) in [4.78, 5) is 12.1. The molecule has 1 fully saturated rings. The molecule has 96 valence electrons. The maximum atomic E-state index is 5.40. The van der Waals surface area contributed by atoms with Crippen LogP contribution < -0.4 is 4.90 Å². The van der Waals surface area contributed by atoms with E-state index in [9.17, 15) is 0 Å². The summed E-state index contributed by atoms with van der Waals surface area (Å²) in [6, 6.07) is 2.11. The van der Waals surface area contributed by atoms with E-state index < -0.39 is 0 Å². The lowest BCUT2D eigenvalue weighted by Crippen LogP contribution is -2.37. The zero-order valence-electron chi connectivity index (χ0n) is 10.1. The number of aromatic nitrogens is 2. The molecule has 0 saturated carbocycles. The number of thiophene rings is 1. The predicted molar refractivity (Wildman–Crippen MR) is 77.4 cm³/mol. The van der Waals surface area contributed by atoms with Crippen LogP contribution in [0.4, 0.5) is 5.82 Å². The molecule has 0 amide bonds. The summed E-state index contributed by atoms with van der Waals surface area (Å²) in [6.45, 7) is 2.00. The van der Waals surface area contributed by atoms with Crippen molar-refractivity contribution in [1.82, 2.24) is 9.97 Å². The number of piperidine rings is 1. The molecule has 0 N–H and O–H groups in total. The van der Waals surface area contributed by atoms with Crippen LogP contribution in [0.3, 0.4) is 0 Å². The van der Waals surface area contributed by atoms with Gasteiger partial charge in [0.15, 0.2) is 0 Å². The van der Waals surface area contributed by atoms with Gasteiger partial charge in [0, 0.05) is 20.2 Å². The van der Waals surface area contributed by atoms with Crippen molar-refractivity contribution < 1.29 is 4.74 Å². The highest BCUT2D eigenvalue weighted by atomic mass is 79.9. The van der Waals surface area contributed by atoms with Crippen LogP contribution in [0.5, 0.6) is 0 Å². The van der Waals surface area contributed by atoms with Crippen LogP contribution in [0, 0.1) is 0 Å². The number of nitrogens with zero attached hydrogens (tertiary/aromatic N) is 3. The first kappa shape index (κ1) is 12.3. The largest absolute Gasteiger partial charge is 0.381 e. The van der Waals surface area contributed by atoms with Crippen molar-refractivity contribution in [3.05, 3.63) is 16.2 Å². The van der Waals surface area contributed by atoms with Crippen molar-refractivity contribution >= 4 is 43.3 Å². The Morgan fingerprint density at radius 1 is 1.39 bits per heavy atom. The fourth-order valence-electron chi connectivity index (χ4n) is 2.37. The number of rotatable bonds is 2. The predicted octanol–water partition coefficient (Wildman–Crippen LogP) is 3.07. The zero-order chi connectivity index (χ0) is 12.5. The van der Waals surface area contributed by atoms with E-state index in [0.29, 0.717) is 6.10 Å². The van der Waals surface area contributed by atoms with E-state index in [-0.39, 0.29) is 0 Å². The van der Waals surface area contributed by atoms with Crippen molar-refractivity contribution in [2.75, 3.05) is 25.1 Å². The topological polar surface area (TPSA) is 38.2 Å². The monoisotopic (exact) mass is 327 g/mol. The van der Waals surface area contributed by atoms with Gasteiger partial charge in [0.2, 0.25) is 0 Å². The van der Waals surface area contributed by atoms with Crippen LogP contribution in [0.15, 0.2) is 16.2 Å². The van der Waals surface area contributed by atoms with Crippen LogP contribution in [0.1, 0.15) is 12.8 Å². The molecule has 4 nitrogen and oxygen atoms in total. The molecule has 3 heterocycles. The van der Waals surface area contributed by atoms with Gasteiger partial charge in [-0.15, -0.1) is 11.3 Å². The summed E-state index contributed by atoms with van der Waals surface area (Å²) < 4.78 is 6.50. The van der Waals surface area contributed by atoms with E-state index in [0.717, 1.165) is 45.8 Å². The molecule has 0 spiro atoms. The Bertz CT molecular complexity index is 551. The molecule has 0 atom stereocenters. The molecule has 2 aromatic rings. The number of fused-ring (bicyclic) bond motifs is 1. The molecule has 18 heavy (non-hydrogen) atoms. The summed E-state index contributed by atoms with van der Waals surface area (Å²) >= 11 is 5.17. The molecule has 0 unspecified atom stereocenters. The molecule has 0 aliphatic carbocycles. The maximum Gasteiger partial charge on any atom is 0.140 e. The third-order valence-corrected chi connectivity index (χ3v) is 4.90. The Balaban J connectivity index is 1.90. The lowest BCUT2D eigenvalue weighted by atomic mass is 10.1. The Morgan fingerprint density at radius 3 is 2.89 bits per heavy atom.